The molecule has 8 heteroatoms. The Labute approximate surface area is 125 Å². The predicted molar refractivity (Wildman–Crippen MR) is 71.9 cm³/mol. The van der Waals surface area contributed by atoms with Crippen molar-refractivity contribution in [2.24, 2.45) is 5.92 Å². The largest absolute Gasteiger partial charge is 0.471 e. The summed E-state index contributed by atoms with van der Waals surface area (Å²) in [6, 6.07) is 3.17. The van der Waals surface area contributed by atoms with Gasteiger partial charge in [0.2, 0.25) is 0 Å². The lowest BCUT2D eigenvalue weighted by atomic mass is 9.96. The SMILES string of the molecule is O=C(NCC1CCN(C(=O)C(F)(F)F)CC1)c1ccncc1. The van der Waals surface area contributed by atoms with Crippen LogP contribution in [-0.4, -0.2) is 47.5 Å². The number of hydrogen-bond acceptors (Lipinski definition) is 3. The second-order valence-electron chi connectivity index (χ2n) is 5.18. The molecule has 0 atom stereocenters. The van der Waals surface area contributed by atoms with Crippen LogP contribution in [0.3, 0.4) is 0 Å². The van der Waals surface area contributed by atoms with Crippen molar-refractivity contribution in [3.63, 3.8) is 0 Å². The lowest BCUT2D eigenvalue weighted by Crippen LogP contribution is -2.46. The summed E-state index contributed by atoms with van der Waals surface area (Å²) < 4.78 is 37.0. The summed E-state index contributed by atoms with van der Waals surface area (Å²) in [6.45, 7) is 0.511. The number of amides is 2. The van der Waals surface area contributed by atoms with Gasteiger partial charge in [-0.25, -0.2) is 0 Å². The summed E-state index contributed by atoms with van der Waals surface area (Å²) in [7, 11) is 0. The lowest BCUT2D eigenvalue weighted by Gasteiger charge is -2.32. The molecular weight excluding hydrogens is 299 g/mol. The molecule has 0 unspecified atom stereocenters. The molecule has 22 heavy (non-hydrogen) atoms. The average Bonchev–Trinajstić information content (AvgIpc) is 2.52. The molecule has 0 aliphatic carbocycles. The minimum absolute atomic E-state index is 0.0636. The Hall–Kier alpha value is -2.12. The Balaban J connectivity index is 1.76. The van der Waals surface area contributed by atoms with Crippen LogP contribution < -0.4 is 5.32 Å². The van der Waals surface area contributed by atoms with Gasteiger partial charge in [0.15, 0.2) is 0 Å². The van der Waals surface area contributed by atoms with Crippen molar-refractivity contribution in [1.29, 1.82) is 0 Å². The minimum Gasteiger partial charge on any atom is -0.352 e. The van der Waals surface area contributed by atoms with Crippen LogP contribution in [0.4, 0.5) is 13.2 Å². The van der Waals surface area contributed by atoms with Crippen LogP contribution in [0.5, 0.6) is 0 Å². The zero-order valence-corrected chi connectivity index (χ0v) is 11.8. The molecule has 120 valence electrons. The molecule has 1 fully saturated rings. The first-order valence-electron chi connectivity index (χ1n) is 6.92. The van der Waals surface area contributed by atoms with Gasteiger partial charge in [-0.15, -0.1) is 0 Å². The third kappa shape index (κ3) is 4.19. The third-order valence-corrected chi connectivity index (χ3v) is 3.64. The van der Waals surface area contributed by atoms with E-state index in [-0.39, 0.29) is 24.9 Å². The number of halogens is 3. The van der Waals surface area contributed by atoms with Gasteiger partial charge in [-0.3, -0.25) is 14.6 Å². The van der Waals surface area contributed by atoms with Gasteiger partial charge in [-0.1, -0.05) is 0 Å². The van der Waals surface area contributed by atoms with Gasteiger partial charge in [0.05, 0.1) is 0 Å². The topological polar surface area (TPSA) is 62.3 Å². The molecule has 1 N–H and O–H groups in total. The molecule has 2 amide bonds. The van der Waals surface area contributed by atoms with Gasteiger partial charge < -0.3 is 10.2 Å². The van der Waals surface area contributed by atoms with Crippen molar-refractivity contribution < 1.29 is 22.8 Å². The maximum Gasteiger partial charge on any atom is 0.471 e. The van der Waals surface area contributed by atoms with E-state index in [0.717, 1.165) is 4.90 Å². The fraction of sp³-hybridized carbons (Fsp3) is 0.500. The lowest BCUT2D eigenvalue weighted by molar-refractivity contribution is -0.186. The van der Waals surface area contributed by atoms with E-state index in [2.05, 4.69) is 10.3 Å². The monoisotopic (exact) mass is 315 g/mol. The first kappa shape index (κ1) is 16.3. The molecule has 0 saturated carbocycles. The minimum atomic E-state index is -4.82. The molecule has 0 bridgehead atoms. The number of likely N-dealkylation sites (tertiary alicyclic amines) is 1. The molecule has 1 aromatic heterocycles. The molecule has 0 radical (unpaired) electrons. The van der Waals surface area contributed by atoms with Crippen molar-refractivity contribution in [3.05, 3.63) is 30.1 Å². The molecule has 1 aliphatic heterocycles. The van der Waals surface area contributed by atoms with Crippen LogP contribution in [0.1, 0.15) is 23.2 Å². The molecule has 1 aliphatic rings. The van der Waals surface area contributed by atoms with Crippen LogP contribution in [0.15, 0.2) is 24.5 Å². The van der Waals surface area contributed by atoms with E-state index in [1.807, 2.05) is 0 Å². The van der Waals surface area contributed by atoms with Crippen molar-refractivity contribution in [1.82, 2.24) is 15.2 Å². The number of alkyl halides is 3. The van der Waals surface area contributed by atoms with Gasteiger partial charge >= 0.3 is 12.1 Å². The first-order valence-corrected chi connectivity index (χ1v) is 6.92. The Morgan fingerprint density at radius 3 is 2.36 bits per heavy atom. The highest BCUT2D eigenvalue weighted by Gasteiger charge is 2.43. The Morgan fingerprint density at radius 2 is 1.82 bits per heavy atom. The Bertz CT molecular complexity index is 526. The van der Waals surface area contributed by atoms with E-state index < -0.39 is 12.1 Å². The van der Waals surface area contributed by atoms with E-state index in [9.17, 15) is 22.8 Å². The fourth-order valence-corrected chi connectivity index (χ4v) is 2.36. The second-order valence-corrected chi connectivity index (χ2v) is 5.18. The quantitative estimate of drug-likeness (QED) is 0.922. The van der Waals surface area contributed by atoms with E-state index in [4.69, 9.17) is 0 Å². The van der Waals surface area contributed by atoms with Crippen molar-refractivity contribution >= 4 is 11.8 Å². The summed E-state index contributed by atoms with van der Waals surface area (Å²) in [6.07, 6.45) is -0.911. The van der Waals surface area contributed by atoms with Gasteiger partial charge in [-0.2, -0.15) is 13.2 Å². The normalized spacial score (nSPS) is 16.4. The number of pyridine rings is 1. The van der Waals surface area contributed by atoms with Crippen molar-refractivity contribution in [2.75, 3.05) is 19.6 Å². The van der Waals surface area contributed by atoms with Gasteiger partial charge in [0, 0.05) is 37.6 Å². The molecular formula is C14H16F3N3O2. The number of nitrogens with one attached hydrogen (secondary N) is 1. The van der Waals surface area contributed by atoms with E-state index in [0.29, 0.717) is 24.9 Å². The van der Waals surface area contributed by atoms with E-state index in [1.54, 1.807) is 12.1 Å². The van der Waals surface area contributed by atoms with Crippen LogP contribution in [-0.2, 0) is 4.79 Å². The molecule has 2 rings (SSSR count). The van der Waals surface area contributed by atoms with Crippen LogP contribution in [0.2, 0.25) is 0 Å². The van der Waals surface area contributed by atoms with E-state index >= 15 is 0 Å². The number of aromatic nitrogens is 1. The Kier molecular flexibility index (Phi) is 4.99. The number of carbonyl (C=O) groups is 2. The highest BCUT2D eigenvalue weighted by Crippen LogP contribution is 2.23. The van der Waals surface area contributed by atoms with Crippen molar-refractivity contribution in [3.8, 4) is 0 Å². The second kappa shape index (κ2) is 6.76. The Morgan fingerprint density at radius 1 is 1.23 bits per heavy atom. The summed E-state index contributed by atoms with van der Waals surface area (Å²) in [5.74, 6) is -1.95. The van der Waals surface area contributed by atoms with Gasteiger partial charge in [0.25, 0.3) is 5.91 Å². The van der Waals surface area contributed by atoms with E-state index in [1.165, 1.54) is 12.4 Å². The highest BCUT2D eigenvalue weighted by atomic mass is 19.4. The number of hydrogen-bond donors (Lipinski definition) is 1. The highest BCUT2D eigenvalue weighted by molar-refractivity contribution is 5.93. The third-order valence-electron chi connectivity index (χ3n) is 3.64. The van der Waals surface area contributed by atoms with Crippen LogP contribution in [0.25, 0.3) is 0 Å². The summed E-state index contributed by atoms with van der Waals surface area (Å²) in [4.78, 5) is 27.6. The van der Waals surface area contributed by atoms with Crippen LogP contribution >= 0.6 is 0 Å². The summed E-state index contributed by atoms with van der Waals surface area (Å²) in [5, 5.41) is 2.75. The zero-order valence-electron chi connectivity index (χ0n) is 11.8. The molecule has 0 spiro atoms. The predicted octanol–water partition coefficient (Wildman–Crippen LogP) is 1.61. The van der Waals surface area contributed by atoms with Gasteiger partial charge in [-0.05, 0) is 30.9 Å². The maximum atomic E-state index is 12.3. The van der Waals surface area contributed by atoms with Crippen LogP contribution in [0, 0.1) is 5.92 Å². The fourth-order valence-electron chi connectivity index (χ4n) is 2.36. The molecule has 1 saturated heterocycles. The van der Waals surface area contributed by atoms with Crippen molar-refractivity contribution in [2.45, 2.75) is 19.0 Å². The number of carbonyl (C=O) groups excluding carboxylic acids is 2. The smallest absolute Gasteiger partial charge is 0.352 e. The summed E-state index contributed by atoms with van der Waals surface area (Å²) >= 11 is 0. The average molecular weight is 315 g/mol. The molecule has 1 aromatic rings. The molecule has 2 heterocycles. The number of rotatable bonds is 3. The first-order chi connectivity index (χ1) is 10.4. The maximum absolute atomic E-state index is 12.3. The molecule has 5 nitrogen and oxygen atoms in total. The standard InChI is InChI=1S/C14H16F3N3O2/c15-14(16,17)13(22)20-7-3-10(4-8-20)9-19-12(21)11-1-5-18-6-2-11/h1-2,5-6,10H,3-4,7-9H2,(H,19,21). The van der Waals surface area contributed by atoms with Gasteiger partial charge in [0.1, 0.15) is 0 Å². The molecule has 0 aromatic carbocycles. The number of piperidine rings is 1. The number of nitrogens with zero attached hydrogens (tertiary/aromatic N) is 2. The summed E-state index contributed by atoms with van der Waals surface area (Å²) in [5.41, 5.74) is 0.486. The zero-order chi connectivity index (χ0) is 16.2.